The van der Waals surface area contributed by atoms with Gasteiger partial charge < -0.3 is 39.4 Å². The topological polar surface area (TPSA) is 118 Å². The summed E-state index contributed by atoms with van der Waals surface area (Å²) in [4.78, 5) is 0. The molecule has 22 heavy (non-hydrogen) atoms. The second kappa shape index (κ2) is 7.12. The zero-order valence-corrected chi connectivity index (χ0v) is 12.2. The molecule has 4 N–H and O–H groups in total. The molecule has 0 aliphatic carbocycles. The van der Waals surface area contributed by atoms with Crippen molar-refractivity contribution >= 4 is 0 Å². The highest BCUT2D eigenvalue weighted by Crippen LogP contribution is 2.32. The van der Waals surface area contributed by atoms with E-state index < -0.39 is 37.3 Å². The van der Waals surface area contributed by atoms with Gasteiger partial charge in [0.05, 0.1) is 13.7 Å². The molecule has 0 saturated carbocycles. The summed E-state index contributed by atoms with van der Waals surface area (Å²) in [6.07, 6.45) is -5.55. The molecule has 0 unspecified atom stereocenters. The number of rotatable bonds is 5. The van der Waals surface area contributed by atoms with Gasteiger partial charge >= 0.3 is 0 Å². The van der Waals surface area contributed by atoms with E-state index in [0.29, 0.717) is 0 Å². The Morgan fingerprint density at radius 2 is 1.91 bits per heavy atom. The quantitative estimate of drug-likeness (QED) is 0.559. The molecular formula is C14H20O8. The Balaban J connectivity index is 2.15. The molecule has 8 heteroatoms. The van der Waals surface area contributed by atoms with Crippen LogP contribution in [0.25, 0.3) is 0 Å². The largest absolute Gasteiger partial charge is 0.504 e. The van der Waals surface area contributed by atoms with Crippen LogP contribution in [-0.4, -0.2) is 72.0 Å². The van der Waals surface area contributed by atoms with Gasteiger partial charge in [0.15, 0.2) is 11.5 Å². The summed E-state index contributed by atoms with van der Waals surface area (Å²) in [6, 6.07) is 4.23. The smallest absolute Gasteiger partial charge is 0.229 e. The van der Waals surface area contributed by atoms with E-state index in [2.05, 4.69) is 0 Å². The normalized spacial score (nSPS) is 31.8. The van der Waals surface area contributed by atoms with Gasteiger partial charge in [-0.3, -0.25) is 0 Å². The maximum absolute atomic E-state index is 10.1. The van der Waals surface area contributed by atoms with Gasteiger partial charge in [-0.2, -0.15) is 0 Å². The summed E-state index contributed by atoms with van der Waals surface area (Å²) >= 11 is 0. The first-order valence-corrected chi connectivity index (χ1v) is 6.70. The van der Waals surface area contributed by atoms with Gasteiger partial charge in [-0.1, -0.05) is 0 Å². The predicted octanol–water partition coefficient (Wildman–Crippen LogP) is -0.766. The minimum Gasteiger partial charge on any atom is -0.504 e. The second-order valence-corrected chi connectivity index (χ2v) is 4.86. The van der Waals surface area contributed by atoms with E-state index in [9.17, 15) is 20.4 Å². The first kappa shape index (κ1) is 16.8. The number of methoxy groups -OCH3 is 2. The molecule has 8 nitrogen and oxygen atoms in total. The maximum Gasteiger partial charge on any atom is 0.229 e. The lowest BCUT2D eigenvalue weighted by Crippen LogP contribution is -2.60. The number of ether oxygens (including phenoxy) is 4. The number of benzene rings is 1. The van der Waals surface area contributed by atoms with Gasteiger partial charge in [-0.15, -0.1) is 0 Å². The van der Waals surface area contributed by atoms with Crippen LogP contribution in [0.4, 0.5) is 0 Å². The fraction of sp³-hybridized carbons (Fsp3) is 0.571. The van der Waals surface area contributed by atoms with Crippen molar-refractivity contribution in [1.82, 2.24) is 0 Å². The monoisotopic (exact) mass is 316 g/mol. The minimum absolute atomic E-state index is 0.0623. The molecule has 1 saturated heterocycles. The molecule has 0 bridgehead atoms. The van der Waals surface area contributed by atoms with Gasteiger partial charge in [-0.05, 0) is 12.1 Å². The number of hydrogen-bond donors (Lipinski definition) is 4. The van der Waals surface area contributed by atoms with Crippen molar-refractivity contribution in [1.29, 1.82) is 0 Å². The lowest BCUT2D eigenvalue weighted by atomic mass is 9.99. The zero-order valence-electron chi connectivity index (χ0n) is 12.2. The predicted molar refractivity (Wildman–Crippen MR) is 73.8 cm³/mol. The van der Waals surface area contributed by atoms with E-state index >= 15 is 0 Å². The number of aliphatic hydroxyl groups is 3. The van der Waals surface area contributed by atoms with E-state index in [1.165, 1.54) is 32.4 Å². The molecule has 124 valence electrons. The summed E-state index contributed by atoms with van der Waals surface area (Å²) in [5.41, 5.74) is 0. The fourth-order valence-electron chi connectivity index (χ4n) is 2.31. The first-order valence-electron chi connectivity index (χ1n) is 6.70. The average molecular weight is 316 g/mol. The zero-order chi connectivity index (χ0) is 16.3. The van der Waals surface area contributed by atoms with E-state index in [4.69, 9.17) is 18.9 Å². The minimum atomic E-state index is -1.37. The van der Waals surface area contributed by atoms with Crippen molar-refractivity contribution in [2.75, 3.05) is 20.8 Å². The summed E-state index contributed by atoms with van der Waals surface area (Å²) in [7, 11) is 2.73. The summed E-state index contributed by atoms with van der Waals surface area (Å²) in [5, 5.41) is 38.9. The average Bonchev–Trinajstić information content (AvgIpc) is 2.53. The highest BCUT2D eigenvalue weighted by Gasteiger charge is 2.45. The van der Waals surface area contributed by atoms with Crippen molar-refractivity contribution < 1.29 is 39.4 Å². The van der Waals surface area contributed by atoms with Gasteiger partial charge in [0.1, 0.15) is 30.2 Å². The van der Waals surface area contributed by atoms with Gasteiger partial charge in [-0.25, -0.2) is 0 Å². The third-order valence-corrected chi connectivity index (χ3v) is 3.50. The van der Waals surface area contributed by atoms with E-state index in [1.807, 2.05) is 0 Å². The molecule has 1 aliphatic heterocycles. The van der Waals surface area contributed by atoms with Crippen LogP contribution in [0.5, 0.6) is 17.2 Å². The molecule has 0 amide bonds. The number of aromatic hydroxyl groups is 1. The highest BCUT2D eigenvalue weighted by atomic mass is 16.7. The van der Waals surface area contributed by atoms with Crippen molar-refractivity contribution in [3.8, 4) is 17.2 Å². The lowest BCUT2D eigenvalue weighted by Gasteiger charge is -2.41. The SMILES string of the molecule is COc1cc(O[C@@H]2O[C@H](CO)[C@@H](OC)[C@H](O)[C@H]2O)ccc1O. The molecule has 2 rings (SSSR count). The van der Waals surface area contributed by atoms with Crippen LogP contribution in [-0.2, 0) is 9.47 Å². The van der Waals surface area contributed by atoms with E-state index in [0.717, 1.165) is 0 Å². The maximum atomic E-state index is 10.1. The van der Waals surface area contributed by atoms with Crippen LogP contribution in [0.1, 0.15) is 0 Å². The van der Waals surface area contributed by atoms with E-state index in [1.54, 1.807) is 0 Å². The molecule has 0 radical (unpaired) electrons. The Morgan fingerprint density at radius 3 is 2.50 bits per heavy atom. The molecule has 1 heterocycles. The van der Waals surface area contributed by atoms with Crippen molar-refractivity contribution in [2.24, 2.45) is 0 Å². The standard InChI is InChI=1S/C14H20O8/c1-19-9-5-7(3-4-8(9)16)21-14-12(18)11(17)13(20-2)10(6-15)22-14/h3-5,10-18H,6H2,1-2H3/t10-,11-,12-,13-,14-/m1/s1. The van der Waals surface area contributed by atoms with Crippen molar-refractivity contribution in [2.45, 2.75) is 30.7 Å². The van der Waals surface area contributed by atoms with Crippen molar-refractivity contribution in [3.63, 3.8) is 0 Å². The van der Waals surface area contributed by atoms with Gasteiger partial charge in [0.2, 0.25) is 6.29 Å². The molecule has 1 fully saturated rings. The van der Waals surface area contributed by atoms with Crippen LogP contribution >= 0.6 is 0 Å². The number of hydrogen-bond acceptors (Lipinski definition) is 8. The summed E-state index contributed by atoms with van der Waals surface area (Å²) in [6.45, 7) is -0.402. The van der Waals surface area contributed by atoms with Crippen LogP contribution in [0.15, 0.2) is 18.2 Å². The number of phenols is 1. The Labute approximate surface area is 127 Å². The number of aliphatic hydroxyl groups excluding tert-OH is 3. The highest BCUT2D eigenvalue weighted by molar-refractivity contribution is 5.44. The molecule has 0 spiro atoms. The Hall–Kier alpha value is -1.58. The second-order valence-electron chi connectivity index (χ2n) is 4.86. The lowest BCUT2D eigenvalue weighted by molar-refractivity contribution is -0.281. The molecule has 1 aromatic carbocycles. The van der Waals surface area contributed by atoms with Crippen LogP contribution in [0, 0.1) is 0 Å². The van der Waals surface area contributed by atoms with Crippen molar-refractivity contribution in [3.05, 3.63) is 18.2 Å². The van der Waals surface area contributed by atoms with Gasteiger partial charge in [0, 0.05) is 13.2 Å². The third-order valence-electron chi connectivity index (χ3n) is 3.50. The molecule has 1 aliphatic rings. The van der Waals surface area contributed by atoms with Crippen LogP contribution in [0.2, 0.25) is 0 Å². The molecule has 5 atom stereocenters. The molecule has 0 aromatic heterocycles. The van der Waals surface area contributed by atoms with Crippen LogP contribution in [0.3, 0.4) is 0 Å². The third kappa shape index (κ3) is 3.26. The Bertz CT molecular complexity index is 492. The Kier molecular flexibility index (Phi) is 5.43. The fourth-order valence-corrected chi connectivity index (χ4v) is 2.31. The molecule has 1 aromatic rings. The molecular weight excluding hydrogens is 296 g/mol. The Morgan fingerprint density at radius 1 is 1.18 bits per heavy atom. The van der Waals surface area contributed by atoms with Gasteiger partial charge in [0.25, 0.3) is 0 Å². The first-order chi connectivity index (χ1) is 10.5. The van der Waals surface area contributed by atoms with E-state index in [-0.39, 0.29) is 17.2 Å². The summed E-state index contributed by atoms with van der Waals surface area (Å²) < 4.78 is 20.9. The number of phenolic OH excluding ortho intramolecular Hbond substituents is 1. The van der Waals surface area contributed by atoms with Crippen LogP contribution < -0.4 is 9.47 Å². The summed E-state index contributed by atoms with van der Waals surface area (Å²) in [5.74, 6) is 0.392.